The van der Waals surface area contributed by atoms with Crippen molar-refractivity contribution in [1.82, 2.24) is 15.0 Å². The molecule has 0 bridgehead atoms. The number of hydrogen-bond donors (Lipinski definition) is 0. The van der Waals surface area contributed by atoms with E-state index in [2.05, 4.69) is 10.3 Å². The minimum atomic E-state index is -0.257. The Labute approximate surface area is 176 Å². The molecule has 8 nitrogen and oxygen atoms in total. The van der Waals surface area contributed by atoms with E-state index >= 15 is 0 Å². The third-order valence-electron chi connectivity index (χ3n) is 5.00. The lowest BCUT2D eigenvalue weighted by molar-refractivity contribution is -0.135. The second-order valence-electron chi connectivity index (χ2n) is 6.92. The van der Waals surface area contributed by atoms with Crippen molar-refractivity contribution in [2.24, 2.45) is 0 Å². The Balaban J connectivity index is 1.64. The lowest BCUT2D eigenvalue weighted by Gasteiger charge is -2.17. The lowest BCUT2D eigenvalue weighted by Crippen LogP contribution is -2.15. The third-order valence-corrected chi connectivity index (χ3v) is 5.00. The summed E-state index contributed by atoms with van der Waals surface area (Å²) in [6.07, 6.45) is 0.866. The van der Waals surface area contributed by atoms with Gasteiger partial charge in [-0.05, 0) is 48.4 Å². The van der Waals surface area contributed by atoms with E-state index in [9.17, 15) is 15.3 Å². The van der Waals surface area contributed by atoms with Crippen LogP contribution >= 0.6 is 0 Å². The standard InChI is InChI=1S/C23H13N5O3/c24-12-15-10-20(28-19-4-2-1-3-18(19)26-27-28)22(11-16(15)13-25)30-17-6-7-21-14(9-17)5-8-23(29)31-21/h1-4,6-7,9-11H,5,8H2. The van der Waals surface area contributed by atoms with Crippen LogP contribution in [0, 0.1) is 22.7 Å². The van der Waals surface area contributed by atoms with Crippen LogP contribution in [0.5, 0.6) is 17.2 Å². The number of carbonyl (C=O) groups is 1. The molecule has 5 rings (SSSR count). The molecule has 148 valence electrons. The first-order chi connectivity index (χ1) is 15.2. The maximum absolute atomic E-state index is 11.5. The van der Waals surface area contributed by atoms with Crippen LogP contribution in [0.25, 0.3) is 16.7 Å². The molecule has 0 fully saturated rings. The van der Waals surface area contributed by atoms with Gasteiger partial charge in [-0.25, -0.2) is 4.68 Å². The van der Waals surface area contributed by atoms with Crippen LogP contribution in [0.2, 0.25) is 0 Å². The first-order valence-electron chi connectivity index (χ1n) is 9.47. The van der Waals surface area contributed by atoms with Gasteiger partial charge in [0.25, 0.3) is 0 Å². The molecule has 0 spiro atoms. The zero-order valence-corrected chi connectivity index (χ0v) is 16.1. The topological polar surface area (TPSA) is 114 Å². The number of benzene rings is 3. The van der Waals surface area contributed by atoms with E-state index in [4.69, 9.17) is 9.47 Å². The van der Waals surface area contributed by atoms with E-state index in [-0.39, 0.29) is 17.1 Å². The Hall–Kier alpha value is -4.69. The van der Waals surface area contributed by atoms with Crippen LogP contribution in [0.15, 0.2) is 54.6 Å². The summed E-state index contributed by atoms with van der Waals surface area (Å²) in [7, 11) is 0. The Morgan fingerprint density at radius 3 is 2.65 bits per heavy atom. The number of carbonyl (C=O) groups excluding carboxylic acids is 1. The van der Waals surface area contributed by atoms with Crippen LogP contribution in [0.1, 0.15) is 23.1 Å². The van der Waals surface area contributed by atoms with E-state index in [1.54, 1.807) is 28.9 Å². The number of para-hydroxylation sites is 1. The van der Waals surface area contributed by atoms with Gasteiger partial charge in [0, 0.05) is 6.07 Å². The van der Waals surface area contributed by atoms with Gasteiger partial charge >= 0.3 is 5.97 Å². The Morgan fingerprint density at radius 1 is 1.00 bits per heavy atom. The number of aryl methyl sites for hydroxylation is 1. The maximum atomic E-state index is 11.5. The highest BCUT2D eigenvalue weighted by Gasteiger charge is 2.20. The second kappa shape index (κ2) is 7.29. The van der Waals surface area contributed by atoms with Crippen molar-refractivity contribution in [2.75, 3.05) is 0 Å². The van der Waals surface area contributed by atoms with Gasteiger partial charge in [-0.1, -0.05) is 17.3 Å². The van der Waals surface area contributed by atoms with Crippen molar-refractivity contribution in [1.29, 1.82) is 10.5 Å². The van der Waals surface area contributed by atoms with Crippen LogP contribution in [-0.4, -0.2) is 21.0 Å². The molecule has 2 heterocycles. The lowest BCUT2D eigenvalue weighted by atomic mass is 10.1. The van der Waals surface area contributed by atoms with E-state index in [1.165, 1.54) is 6.07 Å². The van der Waals surface area contributed by atoms with Gasteiger partial charge in [-0.3, -0.25) is 4.79 Å². The smallest absolute Gasteiger partial charge is 0.311 e. The SMILES string of the molecule is N#Cc1cc(Oc2ccc3c(c2)CCC(=O)O3)c(-n2nnc3ccccc32)cc1C#N. The van der Waals surface area contributed by atoms with Crippen LogP contribution in [-0.2, 0) is 11.2 Å². The zero-order chi connectivity index (χ0) is 21.4. The number of fused-ring (bicyclic) bond motifs is 2. The maximum Gasteiger partial charge on any atom is 0.311 e. The van der Waals surface area contributed by atoms with E-state index in [0.717, 1.165) is 11.1 Å². The fourth-order valence-corrected chi connectivity index (χ4v) is 3.50. The molecule has 1 aliphatic rings. The largest absolute Gasteiger partial charge is 0.455 e. The summed E-state index contributed by atoms with van der Waals surface area (Å²) in [5.41, 5.74) is 3.16. The Kier molecular flexibility index (Phi) is 4.31. The van der Waals surface area contributed by atoms with Gasteiger partial charge < -0.3 is 9.47 Å². The molecule has 31 heavy (non-hydrogen) atoms. The van der Waals surface area contributed by atoms with E-state index < -0.39 is 0 Å². The van der Waals surface area contributed by atoms with Crippen molar-refractivity contribution < 1.29 is 14.3 Å². The van der Waals surface area contributed by atoms with Crippen LogP contribution < -0.4 is 9.47 Å². The number of ether oxygens (including phenoxy) is 2. The highest BCUT2D eigenvalue weighted by Crippen LogP contribution is 2.35. The molecule has 0 amide bonds. The molecule has 1 aromatic heterocycles. The highest BCUT2D eigenvalue weighted by molar-refractivity contribution is 5.77. The molecule has 0 N–H and O–H groups in total. The normalized spacial score (nSPS) is 12.5. The van der Waals surface area contributed by atoms with Gasteiger partial charge in [0.2, 0.25) is 0 Å². The monoisotopic (exact) mass is 407 g/mol. The molecule has 0 radical (unpaired) electrons. The number of hydrogen-bond acceptors (Lipinski definition) is 7. The van der Waals surface area contributed by atoms with Crippen molar-refractivity contribution in [3.05, 3.63) is 71.3 Å². The van der Waals surface area contributed by atoms with Gasteiger partial charge in [-0.15, -0.1) is 5.10 Å². The average Bonchev–Trinajstić information content (AvgIpc) is 3.23. The minimum Gasteiger partial charge on any atom is -0.455 e. The first kappa shape index (κ1) is 18.3. The van der Waals surface area contributed by atoms with E-state index in [1.807, 2.05) is 36.4 Å². The molecule has 1 aliphatic heterocycles. The summed E-state index contributed by atoms with van der Waals surface area (Å²) < 4.78 is 12.9. The van der Waals surface area contributed by atoms with Crippen molar-refractivity contribution in [3.8, 4) is 35.1 Å². The van der Waals surface area contributed by atoms with Crippen LogP contribution in [0.3, 0.4) is 0 Å². The third kappa shape index (κ3) is 3.22. The quantitative estimate of drug-likeness (QED) is 0.375. The molecule has 0 unspecified atom stereocenters. The number of rotatable bonds is 3. The minimum absolute atomic E-state index is 0.192. The van der Waals surface area contributed by atoms with Crippen molar-refractivity contribution >= 4 is 17.0 Å². The number of nitrogens with zero attached hydrogens (tertiary/aromatic N) is 5. The molecule has 0 saturated heterocycles. The number of aromatic nitrogens is 3. The highest BCUT2D eigenvalue weighted by atomic mass is 16.5. The van der Waals surface area contributed by atoms with Crippen molar-refractivity contribution in [3.63, 3.8) is 0 Å². The average molecular weight is 407 g/mol. The number of nitriles is 2. The molecular weight excluding hydrogens is 394 g/mol. The summed E-state index contributed by atoms with van der Waals surface area (Å²) in [4.78, 5) is 11.5. The summed E-state index contributed by atoms with van der Waals surface area (Å²) >= 11 is 0. The molecule has 0 saturated carbocycles. The first-order valence-corrected chi connectivity index (χ1v) is 9.47. The summed E-state index contributed by atoms with van der Waals surface area (Å²) in [6, 6.07) is 19.7. The van der Waals surface area contributed by atoms with Crippen LogP contribution in [0.4, 0.5) is 0 Å². The van der Waals surface area contributed by atoms with Gasteiger partial charge in [0.05, 0.1) is 23.1 Å². The molecular formula is C23H13N5O3. The fourth-order valence-electron chi connectivity index (χ4n) is 3.50. The Morgan fingerprint density at radius 2 is 1.81 bits per heavy atom. The van der Waals surface area contributed by atoms with Gasteiger partial charge in [0.15, 0.2) is 5.75 Å². The molecule has 0 atom stereocenters. The molecule has 3 aromatic carbocycles. The molecule has 8 heteroatoms. The van der Waals surface area contributed by atoms with Crippen molar-refractivity contribution in [2.45, 2.75) is 12.8 Å². The van der Waals surface area contributed by atoms with Gasteiger partial charge in [0.1, 0.15) is 34.8 Å². The molecule has 4 aromatic rings. The fraction of sp³-hybridized carbons (Fsp3) is 0.0870. The molecule has 0 aliphatic carbocycles. The summed E-state index contributed by atoms with van der Waals surface area (Å²) in [5, 5.41) is 27.3. The summed E-state index contributed by atoms with van der Waals surface area (Å²) in [5.74, 6) is 1.12. The Bertz CT molecular complexity index is 1440. The predicted molar refractivity (Wildman–Crippen MR) is 109 cm³/mol. The van der Waals surface area contributed by atoms with E-state index in [0.29, 0.717) is 41.3 Å². The zero-order valence-electron chi connectivity index (χ0n) is 16.1. The predicted octanol–water partition coefficient (Wildman–Crippen LogP) is 3.81. The summed E-state index contributed by atoms with van der Waals surface area (Å²) in [6.45, 7) is 0. The van der Waals surface area contributed by atoms with Gasteiger partial charge in [-0.2, -0.15) is 10.5 Å². The second-order valence-corrected chi connectivity index (χ2v) is 6.92. The number of esters is 1.